The lowest BCUT2D eigenvalue weighted by atomic mass is 10.1. The van der Waals surface area contributed by atoms with E-state index in [-0.39, 0.29) is 11.7 Å². The number of carbonyl (C=O) groups is 1. The van der Waals surface area contributed by atoms with Gasteiger partial charge in [-0.3, -0.25) is 4.79 Å². The second-order valence-corrected chi connectivity index (χ2v) is 10.1. The summed E-state index contributed by atoms with van der Waals surface area (Å²) in [5.41, 5.74) is 2.91. The van der Waals surface area contributed by atoms with Crippen molar-refractivity contribution in [1.82, 2.24) is 14.9 Å². The van der Waals surface area contributed by atoms with Crippen LogP contribution in [0, 0.1) is 12.7 Å². The van der Waals surface area contributed by atoms with Gasteiger partial charge < -0.3 is 9.80 Å². The van der Waals surface area contributed by atoms with Gasteiger partial charge in [-0.05, 0) is 36.8 Å². The fraction of sp³-hybridized carbons (Fsp3) is 0.261. The molecule has 2 aromatic heterocycles. The number of piperazine rings is 1. The first-order valence-corrected chi connectivity index (χ1v) is 12.4. The minimum atomic E-state index is -0.285. The van der Waals surface area contributed by atoms with E-state index in [1.54, 1.807) is 6.07 Å². The molecule has 3 heterocycles. The van der Waals surface area contributed by atoms with Crippen LogP contribution in [0.15, 0.2) is 47.8 Å². The number of hydrogen-bond acceptors (Lipinski definition) is 6. The average molecular weight is 487 g/mol. The van der Waals surface area contributed by atoms with E-state index >= 15 is 0 Å². The summed E-state index contributed by atoms with van der Waals surface area (Å²) < 4.78 is 16.0. The zero-order valence-electron chi connectivity index (χ0n) is 17.3. The number of anilines is 1. The molecule has 32 heavy (non-hydrogen) atoms. The van der Waals surface area contributed by atoms with Crippen molar-refractivity contribution in [3.8, 4) is 0 Å². The van der Waals surface area contributed by atoms with Crippen molar-refractivity contribution < 1.29 is 9.18 Å². The van der Waals surface area contributed by atoms with Crippen molar-refractivity contribution in [2.45, 2.75) is 11.9 Å². The van der Waals surface area contributed by atoms with E-state index < -0.39 is 0 Å². The molecule has 1 amide bonds. The summed E-state index contributed by atoms with van der Waals surface area (Å²) >= 11 is 9.02. The third kappa shape index (κ3) is 4.02. The summed E-state index contributed by atoms with van der Waals surface area (Å²) in [6.45, 7) is 4.94. The van der Waals surface area contributed by atoms with E-state index in [4.69, 9.17) is 11.6 Å². The van der Waals surface area contributed by atoms with Gasteiger partial charge >= 0.3 is 0 Å². The first-order chi connectivity index (χ1) is 15.5. The number of fused-ring (bicyclic) bond motifs is 3. The highest BCUT2D eigenvalue weighted by Gasteiger charge is 2.23. The van der Waals surface area contributed by atoms with Crippen molar-refractivity contribution >= 4 is 66.6 Å². The Balaban J connectivity index is 1.26. The van der Waals surface area contributed by atoms with Crippen LogP contribution in [0.4, 0.5) is 10.1 Å². The third-order valence-electron chi connectivity index (χ3n) is 5.67. The molecular weight excluding hydrogens is 467 g/mol. The van der Waals surface area contributed by atoms with Crippen molar-refractivity contribution in [3.63, 3.8) is 0 Å². The van der Waals surface area contributed by atoms with Crippen LogP contribution in [0.5, 0.6) is 0 Å². The van der Waals surface area contributed by atoms with Gasteiger partial charge in [0.05, 0.1) is 21.4 Å². The number of aromatic nitrogens is 2. The Morgan fingerprint density at radius 3 is 2.81 bits per heavy atom. The van der Waals surface area contributed by atoms with Crippen LogP contribution in [-0.2, 0) is 4.79 Å². The van der Waals surface area contributed by atoms with Crippen molar-refractivity contribution in [2.24, 2.45) is 0 Å². The Labute approximate surface area is 198 Å². The molecule has 0 N–H and O–H groups in total. The Morgan fingerprint density at radius 2 is 2.00 bits per heavy atom. The molecule has 0 radical (unpaired) electrons. The third-order valence-corrected chi connectivity index (χ3v) is 8.16. The number of amides is 1. The number of halogens is 2. The van der Waals surface area contributed by atoms with Gasteiger partial charge in [0, 0.05) is 41.6 Å². The Morgan fingerprint density at radius 1 is 1.19 bits per heavy atom. The van der Waals surface area contributed by atoms with Crippen LogP contribution in [-0.4, -0.2) is 52.7 Å². The lowest BCUT2D eigenvalue weighted by Crippen LogP contribution is -2.49. The largest absolute Gasteiger partial charge is 0.368 e. The van der Waals surface area contributed by atoms with Gasteiger partial charge in [0.25, 0.3) is 0 Å². The average Bonchev–Trinajstić information content (AvgIpc) is 3.20. The van der Waals surface area contributed by atoms with Gasteiger partial charge in [-0.1, -0.05) is 35.5 Å². The fourth-order valence-corrected chi connectivity index (χ4v) is 6.32. The lowest BCUT2D eigenvalue weighted by molar-refractivity contribution is -0.128. The molecule has 1 aliphatic rings. The number of carbonyl (C=O) groups excluding carboxylic acids is 1. The lowest BCUT2D eigenvalue weighted by Gasteiger charge is -2.36. The first kappa shape index (κ1) is 21.4. The van der Waals surface area contributed by atoms with Crippen molar-refractivity contribution in [3.05, 3.63) is 59.1 Å². The molecule has 0 saturated carbocycles. The quantitative estimate of drug-likeness (QED) is 0.286. The molecule has 4 aromatic rings. The summed E-state index contributed by atoms with van der Waals surface area (Å²) in [6.07, 6.45) is 1.44. The SMILES string of the molecule is Cc1ccc(Cl)cc1N1CCN(C(=O)CSc2ncnc3c2sc2cccc(F)c23)CC1. The second-order valence-electron chi connectivity index (χ2n) is 7.66. The number of benzene rings is 2. The van der Waals surface area contributed by atoms with E-state index in [0.29, 0.717) is 29.7 Å². The second kappa shape index (κ2) is 8.84. The van der Waals surface area contributed by atoms with Crippen molar-refractivity contribution in [1.29, 1.82) is 0 Å². The number of nitrogens with zero attached hydrogens (tertiary/aromatic N) is 4. The van der Waals surface area contributed by atoms with Crippen molar-refractivity contribution in [2.75, 3.05) is 36.8 Å². The van der Waals surface area contributed by atoms with E-state index in [0.717, 1.165) is 38.2 Å². The predicted molar refractivity (Wildman–Crippen MR) is 131 cm³/mol. The molecule has 1 saturated heterocycles. The van der Waals surface area contributed by atoms with E-state index in [9.17, 15) is 9.18 Å². The number of aryl methyl sites for hydroxylation is 1. The zero-order chi connectivity index (χ0) is 22.2. The maximum atomic E-state index is 14.3. The molecular formula is C23H20ClFN4OS2. The number of thioether (sulfide) groups is 1. The maximum absolute atomic E-state index is 14.3. The van der Waals surface area contributed by atoms with Gasteiger partial charge in [0.2, 0.25) is 5.91 Å². The normalized spacial score (nSPS) is 14.5. The van der Waals surface area contributed by atoms with Crippen LogP contribution in [0.1, 0.15) is 5.56 Å². The maximum Gasteiger partial charge on any atom is 0.233 e. The van der Waals surface area contributed by atoms with Crippen LogP contribution in [0.2, 0.25) is 5.02 Å². The molecule has 5 rings (SSSR count). The molecule has 0 unspecified atom stereocenters. The van der Waals surface area contributed by atoms with Gasteiger partial charge in [-0.25, -0.2) is 14.4 Å². The molecule has 0 atom stereocenters. The minimum Gasteiger partial charge on any atom is -0.368 e. The molecule has 0 spiro atoms. The topological polar surface area (TPSA) is 49.3 Å². The first-order valence-electron chi connectivity index (χ1n) is 10.2. The summed E-state index contributed by atoms with van der Waals surface area (Å²) in [5, 5.41) is 1.96. The van der Waals surface area contributed by atoms with Gasteiger partial charge in [0.1, 0.15) is 17.2 Å². The predicted octanol–water partition coefficient (Wildman–Crippen LogP) is 5.39. The molecule has 0 bridgehead atoms. The molecule has 164 valence electrons. The van der Waals surface area contributed by atoms with E-state index in [2.05, 4.69) is 21.8 Å². The van der Waals surface area contributed by atoms with Crippen LogP contribution in [0.3, 0.4) is 0 Å². The standard InChI is InChI=1S/C23H20ClFN4OS2/c1-14-5-6-15(24)11-17(14)28-7-9-29(10-8-28)19(30)12-31-23-22-21(26-13-27-23)20-16(25)3-2-4-18(20)32-22/h2-6,11,13H,7-10,12H2,1H3. The number of thiophene rings is 1. The van der Waals surface area contributed by atoms with Gasteiger partial charge in [-0.2, -0.15) is 0 Å². The fourth-order valence-electron chi connectivity index (χ4n) is 4.00. The van der Waals surface area contributed by atoms with Crippen LogP contribution >= 0.6 is 34.7 Å². The molecule has 0 aliphatic carbocycles. The number of rotatable bonds is 4. The highest BCUT2D eigenvalue weighted by Crippen LogP contribution is 2.38. The van der Waals surface area contributed by atoms with Crippen LogP contribution < -0.4 is 4.90 Å². The summed E-state index contributed by atoms with van der Waals surface area (Å²) in [7, 11) is 0. The van der Waals surface area contributed by atoms with Gasteiger partial charge in [-0.15, -0.1) is 11.3 Å². The molecule has 2 aromatic carbocycles. The minimum absolute atomic E-state index is 0.0801. The Bertz CT molecular complexity index is 1320. The summed E-state index contributed by atoms with van der Waals surface area (Å²) in [6, 6.07) is 10.9. The highest BCUT2D eigenvalue weighted by atomic mass is 35.5. The zero-order valence-corrected chi connectivity index (χ0v) is 19.7. The van der Waals surface area contributed by atoms with E-state index in [1.165, 1.54) is 41.1 Å². The molecule has 9 heteroatoms. The number of hydrogen-bond donors (Lipinski definition) is 0. The molecule has 5 nitrogen and oxygen atoms in total. The monoisotopic (exact) mass is 486 g/mol. The van der Waals surface area contributed by atoms with Gasteiger partial charge in [0.15, 0.2) is 0 Å². The highest BCUT2D eigenvalue weighted by molar-refractivity contribution is 8.00. The summed E-state index contributed by atoms with van der Waals surface area (Å²) in [4.78, 5) is 25.7. The smallest absolute Gasteiger partial charge is 0.233 e. The molecule has 1 fully saturated rings. The Kier molecular flexibility index (Phi) is 5.92. The molecule has 1 aliphatic heterocycles. The Hall–Kier alpha value is -2.42. The summed E-state index contributed by atoms with van der Waals surface area (Å²) in [5.74, 6) is 0.0859. The van der Waals surface area contributed by atoms with E-state index in [1.807, 2.05) is 29.2 Å². The van der Waals surface area contributed by atoms with Crippen LogP contribution in [0.25, 0.3) is 20.3 Å².